The molecule has 1 amide bonds. The molecule has 1 atom stereocenters. The topological polar surface area (TPSA) is 81.7 Å². The lowest BCUT2D eigenvalue weighted by Crippen LogP contribution is -2.41. The molecule has 0 spiro atoms. The first kappa shape index (κ1) is 17.7. The zero-order valence-electron chi connectivity index (χ0n) is 12.5. The van der Waals surface area contributed by atoms with Crippen LogP contribution in [0.4, 0.5) is 4.79 Å². The van der Waals surface area contributed by atoms with Gasteiger partial charge in [-0.3, -0.25) is 4.79 Å². The largest absolute Gasteiger partial charge is 0.467 e. The first-order valence-corrected chi connectivity index (χ1v) is 7.07. The average molecular weight is 306 g/mol. The second-order valence-corrected chi connectivity index (χ2v) is 4.67. The number of nitrogens with one attached hydrogen (secondary N) is 1. The third-order valence-corrected chi connectivity index (χ3v) is 3.01. The van der Waals surface area contributed by atoms with E-state index < -0.39 is 18.1 Å². The highest BCUT2D eigenvalue weighted by atomic mass is 16.6. The minimum absolute atomic E-state index is 0.126. The summed E-state index contributed by atoms with van der Waals surface area (Å²) in [5, 5.41) is 2.48. The Balaban J connectivity index is 2.41. The molecule has 6 heteroatoms. The number of carbonyl (C=O) groups excluding carboxylic acids is 3. The molecule has 1 aromatic rings. The van der Waals surface area contributed by atoms with E-state index in [1.165, 1.54) is 7.11 Å². The van der Waals surface area contributed by atoms with Crippen molar-refractivity contribution in [3.8, 4) is 0 Å². The van der Waals surface area contributed by atoms with E-state index in [4.69, 9.17) is 4.74 Å². The summed E-state index contributed by atoms with van der Waals surface area (Å²) < 4.78 is 9.71. The summed E-state index contributed by atoms with van der Waals surface area (Å²) in [4.78, 5) is 33.5. The van der Waals surface area contributed by atoms with Crippen LogP contribution in [0.5, 0.6) is 0 Å². The van der Waals surface area contributed by atoms with E-state index in [1.54, 1.807) is 6.29 Å². The van der Waals surface area contributed by atoms with E-state index in [2.05, 4.69) is 10.1 Å². The van der Waals surface area contributed by atoms with Crippen molar-refractivity contribution in [2.24, 2.45) is 0 Å². The normalized spacial score (nSPS) is 11.3. The molecule has 1 unspecified atom stereocenters. The molecule has 1 N–H and O–H groups in total. The van der Waals surface area contributed by atoms with Gasteiger partial charge < -0.3 is 14.8 Å². The van der Waals surface area contributed by atoms with Crippen LogP contribution in [0, 0.1) is 0 Å². The molecular weight excluding hydrogens is 286 g/mol. The van der Waals surface area contributed by atoms with Crippen LogP contribution in [-0.4, -0.2) is 31.5 Å². The minimum Gasteiger partial charge on any atom is -0.467 e. The monoisotopic (exact) mass is 306 g/mol. The summed E-state index contributed by atoms with van der Waals surface area (Å²) in [5.41, 5.74) is 0.855. The molecule has 0 aromatic heterocycles. The van der Waals surface area contributed by atoms with E-state index in [-0.39, 0.29) is 6.61 Å². The SMILES string of the molecule is COC(=O)C(CCCC[C]=O)NC(=O)OCc1ccccc1. The molecule has 1 rings (SSSR count). The van der Waals surface area contributed by atoms with Crippen LogP contribution in [0.2, 0.25) is 0 Å². The lowest BCUT2D eigenvalue weighted by Gasteiger charge is -2.16. The quantitative estimate of drug-likeness (QED) is 0.558. The van der Waals surface area contributed by atoms with Gasteiger partial charge in [0.25, 0.3) is 0 Å². The molecule has 0 heterocycles. The van der Waals surface area contributed by atoms with E-state index in [1.807, 2.05) is 30.3 Å². The Kier molecular flexibility index (Phi) is 8.33. The molecule has 0 bridgehead atoms. The van der Waals surface area contributed by atoms with Gasteiger partial charge in [0, 0.05) is 6.42 Å². The smallest absolute Gasteiger partial charge is 0.408 e. The standard InChI is InChI=1S/C16H20NO5/c1-21-15(19)14(10-6-3-7-11-18)17-16(20)22-12-13-8-4-2-5-9-13/h2,4-5,8-9,14H,3,6-7,10,12H2,1H3,(H,17,20). The number of benzene rings is 1. The highest BCUT2D eigenvalue weighted by Gasteiger charge is 2.21. The first-order chi connectivity index (χ1) is 10.7. The second kappa shape index (κ2) is 10.4. The van der Waals surface area contributed by atoms with Gasteiger partial charge in [0.2, 0.25) is 0 Å². The maximum Gasteiger partial charge on any atom is 0.408 e. The van der Waals surface area contributed by atoms with Crippen LogP contribution in [0.25, 0.3) is 0 Å². The molecule has 0 aliphatic rings. The molecule has 1 radical (unpaired) electrons. The third kappa shape index (κ3) is 6.88. The molecule has 119 valence electrons. The predicted molar refractivity (Wildman–Crippen MR) is 79.7 cm³/mol. The number of alkyl carbamates (subject to hydrolysis) is 1. The van der Waals surface area contributed by atoms with Crippen LogP contribution in [-0.2, 0) is 25.7 Å². The zero-order valence-corrected chi connectivity index (χ0v) is 12.5. The van der Waals surface area contributed by atoms with Gasteiger partial charge in [-0.25, -0.2) is 9.59 Å². The fourth-order valence-corrected chi connectivity index (χ4v) is 1.84. The van der Waals surface area contributed by atoms with Crippen molar-refractivity contribution in [1.29, 1.82) is 0 Å². The Labute approximate surface area is 129 Å². The highest BCUT2D eigenvalue weighted by molar-refractivity contribution is 5.81. The summed E-state index contributed by atoms with van der Waals surface area (Å²) in [6.07, 6.45) is 3.02. The maximum absolute atomic E-state index is 11.7. The number of carbonyl (C=O) groups is 2. The summed E-state index contributed by atoms with van der Waals surface area (Å²) >= 11 is 0. The number of ether oxygens (including phenoxy) is 2. The van der Waals surface area contributed by atoms with E-state index in [0.29, 0.717) is 25.7 Å². The average Bonchev–Trinajstić information content (AvgIpc) is 2.56. The van der Waals surface area contributed by atoms with Crippen molar-refractivity contribution in [3.05, 3.63) is 35.9 Å². The third-order valence-electron chi connectivity index (χ3n) is 3.01. The maximum atomic E-state index is 11.7. The summed E-state index contributed by atoms with van der Waals surface area (Å²) in [6.45, 7) is 0.126. The van der Waals surface area contributed by atoms with Crippen LogP contribution in [0.3, 0.4) is 0 Å². The van der Waals surface area contributed by atoms with Crippen LogP contribution < -0.4 is 5.32 Å². The van der Waals surface area contributed by atoms with E-state index in [9.17, 15) is 14.4 Å². The Morgan fingerprint density at radius 1 is 1.23 bits per heavy atom. The molecule has 1 aromatic carbocycles. The van der Waals surface area contributed by atoms with Crippen molar-refractivity contribution < 1.29 is 23.9 Å². The van der Waals surface area contributed by atoms with Gasteiger partial charge in [0.1, 0.15) is 12.6 Å². The molecule has 0 saturated carbocycles. The van der Waals surface area contributed by atoms with Crippen LogP contribution in [0.1, 0.15) is 31.2 Å². The summed E-state index contributed by atoms with van der Waals surface area (Å²) in [7, 11) is 1.26. The summed E-state index contributed by atoms with van der Waals surface area (Å²) in [5.74, 6) is -0.535. The van der Waals surface area contributed by atoms with Gasteiger partial charge in [-0.05, 0) is 18.4 Å². The van der Waals surface area contributed by atoms with Gasteiger partial charge in [-0.2, -0.15) is 0 Å². The number of rotatable bonds is 9. The molecule has 0 aliphatic carbocycles. The molecule has 22 heavy (non-hydrogen) atoms. The molecule has 0 saturated heterocycles. The number of hydrogen-bond acceptors (Lipinski definition) is 5. The van der Waals surface area contributed by atoms with Gasteiger partial charge in [-0.1, -0.05) is 36.8 Å². The van der Waals surface area contributed by atoms with Gasteiger partial charge in [0.15, 0.2) is 6.29 Å². The highest BCUT2D eigenvalue weighted by Crippen LogP contribution is 2.06. The Hall–Kier alpha value is -2.37. The minimum atomic E-state index is -0.778. The van der Waals surface area contributed by atoms with Gasteiger partial charge in [-0.15, -0.1) is 0 Å². The van der Waals surface area contributed by atoms with Crippen molar-refractivity contribution >= 4 is 18.3 Å². The van der Waals surface area contributed by atoms with E-state index in [0.717, 1.165) is 5.56 Å². The lowest BCUT2D eigenvalue weighted by atomic mass is 10.1. The second-order valence-electron chi connectivity index (χ2n) is 4.67. The number of unbranched alkanes of at least 4 members (excludes halogenated alkanes) is 2. The number of amides is 1. The zero-order chi connectivity index (χ0) is 16.2. The van der Waals surface area contributed by atoms with Crippen molar-refractivity contribution in [3.63, 3.8) is 0 Å². The predicted octanol–water partition coefficient (Wildman–Crippen LogP) is 2.12. The number of methoxy groups -OCH3 is 1. The Morgan fingerprint density at radius 3 is 2.59 bits per heavy atom. The fourth-order valence-electron chi connectivity index (χ4n) is 1.84. The fraction of sp³-hybridized carbons (Fsp3) is 0.438. The Bertz CT molecular complexity index is 475. The Morgan fingerprint density at radius 2 is 1.95 bits per heavy atom. The van der Waals surface area contributed by atoms with Crippen molar-refractivity contribution in [2.75, 3.05) is 7.11 Å². The number of esters is 1. The van der Waals surface area contributed by atoms with E-state index >= 15 is 0 Å². The van der Waals surface area contributed by atoms with Crippen LogP contribution >= 0.6 is 0 Å². The molecule has 0 fully saturated rings. The molecule has 6 nitrogen and oxygen atoms in total. The molecular formula is C16H20NO5. The van der Waals surface area contributed by atoms with Crippen molar-refractivity contribution in [1.82, 2.24) is 5.32 Å². The van der Waals surface area contributed by atoms with Gasteiger partial charge in [0.05, 0.1) is 7.11 Å². The summed E-state index contributed by atoms with van der Waals surface area (Å²) in [6, 6.07) is 8.45. The first-order valence-electron chi connectivity index (χ1n) is 7.07. The van der Waals surface area contributed by atoms with Crippen LogP contribution in [0.15, 0.2) is 30.3 Å². The van der Waals surface area contributed by atoms with Crippen molar-refractivity contribution in [2.45, 2.75) is 38.3 Å². The molecule has 0 aliphatic heterocycles. The lowest BCUT2D eigenvalue weighted by molar-refractivity contribution is -0.143. The number of hydrogen-bond donors (Lipinski definition) is 1. The van der Waals surface area contributed by atoms with Gasteiger partial charge >= 0.3 is 12.1 Å².